The van der Waals surface area contributed by atoms with Gasteiger partial charge in [-0.25, -0.2) is 13.1 Å². The van der Waals surface area contributed by atoms with Crippen LogP contribution >= 0.6 is 43.2 Å². The summed E-state index contributed by atoms with van der Waals surface area (Å²) < 4.78 is 33.3. The molecule has 1 aliphatic heterocycles. The Labute approximate surface area is 136 Å². The first-order valence-corrected chi connectivity index (χ1v) is 9.34. The minimum absolute atomic E-state index is 0.0238. The van der Waals surface area contributed by atoms with Gasteiger partial charge in [0.2, 0.25) is 10.0 Å². The van der Waals surface area contributed by atoms with Crippen LogP contribution in [0.5, 0.6) is 0 Å². The lowest BCUT2D eigenvalue weighted by molar-refractivity contribution is -0.148. The van der Waals surface area contributed by atoms with E-state index in [1.54, 1.807) is 0 Å². The number of carboxylic acid groups (broad SMARTS) is 1. The second kappa shape index (κ2) is 5.65. The number of halogens is 2. The summed E-state index contributed by atoms with van der Waals surface area (Å²) in [5, 5.41) is 9.24. The molecule has 1 aromatic heterocycles. The van der Waals surface area contributed by atoms with E-state index in [0.29, 0.717) is 7.57 Å². The zero-order valence-electron chi connectivity index (χ0n) is 10.2. The van der Waals surface area contributed by atoms with Gasteiger partial charge in [-0.15, -0.1) is 11.3 Å². The van der Waals surface area contributed by atoms with Crippen LogP contribution in [0.1, 0.15) is 6.92 Å². The van der Waals surface area contributed by atoms with Crippen LogP contribution in [-0.4, -0.2) is 38.7 Å². The van der Waals surface area contributed by atoms with Gasteiger partial charge in [0.25, 0.3) is 0 Å². The Hall–Kier alpha value is -0.000000000000000333. The van der Waals surface area contributed by atoms with E-state index in [2.05, 4.69) is 36.6 Å². The van der Waals surface area contributed by atoms with Gasteiger partial charge in [-0.05, 0) is 44.8 Å². The SMILES string of the molecule is CC1(C(=O)O)COCC1NS(=O)(=O)c1cc(Br)sc1Br. The largest absolute Gasteiger partial charge is 0.481 e. The van der Waals surface area contributed by atoms with Gasteiger partial charge >= 0.3 is 5.97 Å². The van der Waals surface area contributed by atoms with Gasteiger partial charge in [0.1, 0.15) is 10.3 Å². The van der Waals surface area contributed by atoms with E-state index in [9.17, 15) is 18.3 Å². The number of ether oxygens (including phenoxy) is 1. The van der Waals surface area contributed by atoms with Crippen molar-refractivity contribution in [3.05, 3.63) is 13.6 Å². The van der Waals surface area contributed by atoms with Crippen LogP contribution in [0, 0.1) is 5.41 Å². The van der Waals surface area contributed by atoms with E-state index in [1.807, 2.05) is 0 Å². The van der Waals surface area contributed by atoms with Gasteiger partial charge in [0, 0.05) is 0 Å². The lowest BCUT2D eigenvalue weighted by atomic mass is 9.86. The van der Waals surface area contributed by atoms with Crippen molar-refractivity contribution >= 4 is 59.2 Å². The summed E-state index contributed by atoms with van der Waals surface area (Å²) in [4.78, 5) is 11.4. The molecule has 2 unspecified atom stereocenters. The zero-order valence-corrected chi connectivity index (χ0v) is 15.0. The number of thiophene rings is 1. The molecule has 1 saturated heterocycles. The third-order valence-electron chi connectivity index (χ3n) is 3.16. The fourth-order valence-corrected chi connectivity index (χ4v) is 6.95. The second-order valence-corrected chi connectivity index (χ2v) is 10.0. The van der Waals surface area contributed by atoms with E-state index in [4.69, 9.17) is 4.74 Å². The highest BCUT2D eigenvalue weighted by molar-refractivity contribution is 9.12. The molecule has 0 bridgehead atoms. The van der Waals surface area contributed by atoms with Crippen LogP contribution in [-0.2, 0) is 19.6 Å². The Balaban J connectivity index is 2.29. The fourth-order valence-electron chi connectivity index (χ4n) is 1.81. The van der Waals surface area contributed by atoms with Crippen molar-refractivity contribution in [1.29, 1.82) is 0 Å². The Kier molecular flexibility index (Phi) is 4.63. The van der Waals surface area contributed by atoms with Crippen molar-refractivity contribution in [2.75, 3.05) is 13.2 Å². The molecule has 2 N–H and O–H groups in total. The summed E-state index contributed by atoms with van der Waals surface area (Å²) >= 11 is 7.62. The molecule has 0 radical (unpaired) electrons. The lowest BCUT2D eigenvalue weighted by Crippen LogP contribution is -2.49. The highest BCUT2D eigenvalue weighted by atomic mass is 79.9. The van der Waals surface area contributed by atoms with Crippen molar-refractivity contribution in [2.45, 2.75) is 17.9 Å². The van der Waals surface area contributed by atoms with Gasteiger partial charge in [-0.1, -0.05) is 0 Å². The molecule has 112 valence electrons. The molecule has 0 saturated carbocycles. The van der Waals surface area contributed by atoms with Crippen LogP contribution in [0.2, 0.25) is 0 Å². The molecule has 1 fully saturated rings. The molecule has 6 nitrogen and oxygen atoms in total. The highest BCUT2D eigenvalue weighted by Gasteiger charge is 2.48. The molecule has 10 heteroatoms. The number of sulfonamides is 1. The molecule has 0 aliphatic carbocycles. The van der Waals surface area contributed by atoms with E-state index >= 15 is 0 Å². The third-order valence-corrected chi connectivity index (χ3v) is 7.38. The first kappa shape index (κ1) is 16.4. The Morgan fingerprint density at radius 2 is 2.25 bits per heavy atom. The van der Waals surface area contributed by atoms with Crippen LogP contribution in [0.3, 0.4) is 0 Å². The van der Waals surface area contributed by atoms with Crippen molar-refractivity contribution in [2.24, 2.45) is 5.41 Å². The van der Waals surface area contributed by atoms with Crippen LogP contribution < -0.4 is 4.72 Å². The second-order valence-electron chi connectivity index (χ2n) is 4.60. The number of hydrogen-bond donors (Lipinski definition) is 2. The van der Waals surface area contributed by atoms with Crippen molar-refractivity contribution in [1.82, 2.24) is 4.72 Å². The van der Waals surface area contributed by atoms with Crippen molar-refractivity contribution in [3.8, 4) is 0 Å². The molecular formula is C10H11Br2NO5S2. The summed E-state index contributed by atoms with van der Waals surface area (Å²) in [6.45, 7) is 1.48. The minimum Gasteiger partial charge on any atom is -0.481 e. The minimum atomic E-state index is -3.82. The number of hydrogen-bond acceptors (Lipinski definition) is 5. The maximum atomic E-state index is 12.3. The predicted octanol–water partition coefficient (Wildman–Crippen LogP) is 2.04. The number of nitrogens with one attached hydrogen (secondary N) is 1. The molecule has 2 rings (SSSR count). The predicted molar refractivity (Wildman–Crippen MR) is 80.4 cm³/mol. The van der Waals surface area contributed by atoms with Crippen LogP contribution in [0.4, 0.5) is 0 Å². The molecule has 0 aromatic carbocycles. The molecule has 0 spiro atoms. The molecule has 1 aromatic rings. The van der Waals surface area contributed by atoms with Crippen LogP contribution in [0.25, 0.3) is 0 Å². The number of carbonyl (C=O) groups is 1. The highest BCUT2D eigenvalue weighted by Crippen LogP contribution is 2.36. The summed E-state index contributed by atoms with van der Waals surface area (Å²) in [5.74, 6) is -1.09. The Morgan fingerprint density at radius 3 is 2.75 bits per heavy atom. The Morgan fingerprint density at radius 1 is 1.60 bits per heavy atom. The molecular weight excluding hydrogens is 438 g/mol. The zero-order chi connectivity index (χ0) is 15.1. The third kappa shape index (κ3) is 2.95. The molecule has 20 heavy (non-hydrogen) atoms. The first-order chi connectivity index (χ1) is 9.17. The maximum absolute atomic E-state index is 12.3. The quantitative estimate of drug-likeness (QED) is 0.735. The normalized spacial score (nSPS) is 26.9. The monoisotopic (exact) mass is 447 g/mol. The van der Waals surface area contributed by atoms with Gasteiger partial charge in [0.05, 0.1) is 26.8 Å². The summed E-state index contributed by atoms with van der Waals surface area (Å²) in [6, 6.07) is 0.654. The van der Waals surface area contributed by atoms with E-state index in [1.165, 1.54) is 24.3 Å². The van der Waals surface area contributed by atoms with Crippen molar-refractivity contribution in [3.63, 3.8) is 0 Å². The number of carboxylic acids is 1. The van der Waals surface area contributed by atoms with Gasteiger partial charge in [-0.2, -0.15) is 0 Å². The fraction of sp³-hybridized carbons (Fsp3) is 0.500. The smallest absolute Gasteiger partial charge is 0.313 e. The van der Waals surface area contributed by atoms with Gasteiger partial charge < -0.3 is 9.84 Å². The number of aliphatic carboxylic acids is 1. The average Bonchev–Trinajstić information content (AvgIpc) is 2.84. The van der Waals surface area contributed by atoms with Crippen LogP contribution in [0.15, 0.2) is 18.5 Å². The number of rotatable bonds is 4. The Bertz CT molecular complexity index is 644. The van der Waals surface area contributed by atoms with E-state index in [-0.39, 0.29) is 18.1 Å². The van der Waals surface area contributed by atoms with E-state index < -0.39 is 27.4 Å². The molecule has 2 heterocycles. The maximum Gasteiger partial charge on any atom is 0.313 e. The lowest BCUT2D eigenvalue weighted by Gasteiger charge is -2.25. The topological polar surface area (TPSA) is 92.7 Å². The molecule has 0 amide bonds. The van der Waals surface area contributed by atoms with Gasteiger partial charge in [-0.3, -0.25) is 4.79 Å². The molecule has 2 atom stereocenters. The summed E-state index contributed by atoms with van der Waals surface area (Å²) in [5.41, 5.74) is -1.27. The average molecular weight is 449 g/mol. The van der Waals surface area contributed by atoms with Crippen molar-refractivity contribution < 1.29 is 23.1 Å². The van der Waals surface area contributed by atoms with E-state index in [0.717, 1.165) is 0 Å². The standard InChI is InChI=1S/C10H11Br2NO5S2/c1-10(9(14)15)4-18-3-6(10)13-20(16,17)5-2-7(11)19-8(5)12/h2,6,13H,3-4H2,1H3,(H,14,15). The summed E-state index contributed by atoms with van der Waals surface area (Å²) in [6.07, 6.45) is 0. The van der Waals surface area contributed by atoms with Gasteiger partial charge in [0.15, 0.2) is 0 Å². The summed E-state index contributed by atoms with van der Waals surface area (Å²) in [7, 11) is -3.82. The first-order valence-electron chi connectivity index (χ1n) is 5.45. The molecule has 1 aliphatic rings.